The number of amides is 1. The first kappa shape index (κ1) is 16.8. The van der Waals surface area contributed by atoms with Crippen LogP contribution < -0.4 is 15.9 Å². The van der Waals surface area contributed by atoms with E-state index in [1.807, 2.05) is 35.7 Å². The smallest absolute Gasteiger partial charge is 0.276 e. The second-order valence-electron chi connectivity index (χ2n) is 5.58. The zero-order chi connectivity index (χ0) is 17.4. The van der Waals surface area contributed by atoms with E-state index in [1.165, 1.54) is 0 Å². The number of rotatable bonds is 3. The number of amidine groups is 1. The normalized spacial score (nSPS) is 18.9. The molecule has 0 spiro atoms. The molecule has 1 N–H and O–H groups in total. The van der Waals surface area contributed by atoms with Crippen LogP contribution in [0.2, 0.25) is 0 Å². The van der Waals surface area contributed by atoms with Crippen molar-refractivity contribution in [1.29, 1.82) is 0 Å². The lowest BCUT2D eigenvalue weighted by molar-refractivity contribution is -0.116. The molecule has 1 aromatic heterocycles. The fraction of sp³-hybridized carbons (Fsp3) is 0.235. The Morgan fingerprint density at radius 1 is 1.40 bits per heavy atom. The second-order valence-corrected chi connectivity index (χ2v) is 8.56. The molecule has 2 aliphatic heterocycles. The number of halogens is 1. The van der Waals surface area contributed by atoms with E-state index in [9.17, 15) is 4.79 Å². The predicted octanol–water partition coefficient (Wildman–Crippen LogP) is 2.80. The van der Waals surface area contributed by atoms with Crippen LogP contribution in [0.5, 0.6) is 0 Å². The molecule has 0 saturated heterocycles. The summed E-state index contributed by atoms with van der Waals surface area (Å²) in [6.45, 7) is 2.11. The van der Waals surface area contributed by atoms with Gasteiger partial charge >= 0.3 is 0 Å². The van der Waals surface area contributed by atoms with Gasteiger partial charge in [-0.1, -0.05) is 40.7 Å². The quantitative estimate of drug-likeness (QED) is 0.807. The molecule has 128 valence electrons. The Hall–Kier alpha value is -1.64. The SMILES string of the molecule is CCCSC1=NN2C(=c3cc(Br)ccc3=N[C@@H]2c2cccs2)C(=O)N1. The Morgan fingerprint density at radius 2 is 2.28 bits per heavy atom. The summed E-state index contributed by atoms with van der Waals surface area (Å²) in [5.74, 6) is 0.773. The van der Waals surface area contributed by atoms with Crippen molar-refractivity contribution in [2.24, 2.45) is 10.1 Å². The average Bonchev–Trinajstić information content (AvgIpc) is 3.13. The maximum atomic E-state index is 12.9. The Morgan fingerprint density at radius 3 is 3.04 bits per heavy atom. The summed E-state index contributed by atoms with van der Waals surface area (Å²) < 4.78 is 0.909. The van der Waals surface area contributed by atoms with Crippen LogP contribution in [0.25, 0.3) is 5.70 Å². The standard InChI is InChI=1S/C17H15BrN4OS2/c1-2-7-25-17-20-16(23)14-11-9-10(18)5-6-12(11)19-15(22(14)21-17)13-4-3-8-24-13/h3-6,8-9,15H,2,7H2,1H3,(H,20,21,23)/t15-/m0/s1. The number of fused-ring (bicyclic) bond motifs is 2. The molecule has 1 aromatic carbocycles. The highest BCUT2D eigenvalue weighted by molar-refractivity contribution is 9.10. The Kier molecular flexibility index (Phi) is 4.66. The first-order valence-electron chi connectivity index (χ1n) is 7.90. The third-order valence-electron chi connectivity index (χ3n) is 3.81. The minimum absolute atomic E-state index is 0.135. The Bertz CT molecular complexity index is 971. The van der Waals surface area contributed by atoms with Crippen LogP contribution in [0.4, 0.5) is 0 Å². The van der Waals surface area contributed by atoms with E-state index < -0.39 is 0 Å². The van der Waals surface area contributed by atoms with Gasteiger partial charge in [-0.05, 0) is 36.1 Å². The number of nitrogens with zero attached hydrogens (tertiary/aromatic N) is 3. The number of hydrogen-bond donors (Lipinski definition) is 1. The van der Waals surface area contributed by atoms with Crippen molar-refractivity contribution in [2.75, 3.05) is 5.75 Å². The van der Waals surface area contributed by atoms with Crippen molar-refractivity contribution >= 4 is 55.8 Å². The van der Waals surface area contributed by atoms with Gasteiger partial charge < -0.3 is 0 Å². The van der Waals surface area contributed by atoms with Crippen molar-refractivity contribution in [3.05, 3.63) is 55.6 Å². The summed E-state index contributed by atoms with van der Waals surface area (Å²) >= 11 is 6.66. The third-order valence-corrected chi connectivity index (χ3v) is 6.29. The molecule has 25 heavy (non-hydrogen) atoms. The lowest BCUT2D eigenvalue weighted by Gasteiger charge is -2.33. The van der Waals surface area contributed by atoms with Crippen LogP contribution in [0.1, 0.15) is 24.4 Å². The van der Waals surface area contributed by atoms with E-state index in [-0.39, 0.29) is 12.1 Å². The van der Waals surface area contributed by atoms with Crippen LogP contribution in [0.15, 0.2) is 50.3 Å². The lowest BCUT2D eigenvalue weighted by atomic mass is 10.1. The number of thioether (sulfide) groups is 1. The van der Waals surface area contributed by atoms with E-state index >= 15 is 0 Å². The van der Waals surface area contributed by atoms with Gasteiger partial charge in [0.1, 0.15) is 5.70 Å². The molecule has 8 heteroatoms. The van der Waals surface area contributed by atoms with E-state index in [0.717, 1.165) is 32.1 Å². The molecule has 0 unspecified atom stereocenters. The number of carbonyl (C=O) groups excluding carboxylic acids is 1. The van der Waals surface area contributed by atoms with Crippen molar-refractivity contribution < 1.29 is 4.79 Å². The minimum atomic E-state index is -0.313. The molecule has 5 nitrogen and oxygen atoms in total. The molecular weight excluding hydrogens is 420 g/mol. The average molecular weight is 435 g/mol. The highest BCUT2D eigenvalue weighted by atomic mass is 79.9. The zero-order valence-corrected chi connectivity index (χ0v) is 16.6. The number of hydrazone groups is 1. The minimum Gasteiger partial charge on any atom is -0.298 e. The molecule has 0 radical (unpaired) electrons. The predicted molar refractivity (Wildman–Crippen MR) is 106 cm³/mol. The number of benzene rings is 1. The molecule has 1 atom stereocenters. The monoisotopic (exact) mass is 434 g/mol. The van der Waals surface area contributed by atoms with Gasteiger partial charge in [-0.25, -0.2) is 5.01 Å². The van der Waals surface area contributed by atoms with E-state index in [2.05, 4.69) is 28.2 Å². The molecule has 3 heterocycles. The van der Waals surface area contributed by atoms with Gasteiger partial charge in [0.2, 0.25) is 0 Å². The molecule has 1 amide bonds. The van der Waals surface area contributed by atoms with Crippen LogP contribution in [-0.2, 0) is 4.79 Å². The lowest BCUT2D eigenvalue weighted by Crippen LogP contribution is -2.50. The Labute approximate surface area is 161 Å². The highest BCUT2D eigenvalue weighted by Crippen LogP contribution is 2.33. The maximum absolute atomic E-state index is 12.9. The summed E-state index contributed by atoms with van der Waals surface area (Å²) in [5.41, 5.74) is 0.547. The van der Waals surface area contributed by atoms with Gasteiger partial charge in [0.05, 0.1) is 10.2 Å². The van der Waals surface area contributed by atoms with Gasteiger partial charge in [0.15, 0.2) is 11.3 Å². The number of carbonyl (C=O) groups is 1. The van der Waals surface area contributed by atoms with E-state index in [4.69, 9.17) is 10.1 Å². The highest BCUT2D eigenvalue weighted by Gasteiger charge is 2.34. The summed E-state index contributed by atoms with van der Waals surface area (Å²) in [5, 5.41) is 13.6. The van der Waals surface area contributed by atoms with E-state index in [0.29, 0.717) is 10.9 Å². The van der Waals surface area contributed by atoms with Gasteiger partial charge in [0, 0.05) is 15.4 Å². The summed E-state index contributed by atoms with van der Waals surface area (Å²) in [6.07, 6.45) is 0.705. The zero-order valence-electron chi connectivity index (χ0n) is 13.4. The molecule has 0 aliphatic carbocycles. The van der Waals surface area contributed by atoms with E-state index in [1.54, 1.807) is 28.1 Å². The molecule has 0 fully saturated rings. The molecule has 0 saturated carbocycles. The van der Waals surface area contributed by atoms with Crippen molar-refractivity contribution in [3.63, 3.8) is 0 Å². The van der Waals surface area contributed by atoms with Gasteiger partial charge in [-0.3, -0.25) is 15.1 Å². The fourth-order valence-electron chi connectivity index (χ4n) is 2.74. The number of thiophene rings is 1. The summed E-state index contributed by atoms with van der Waals surface area (Å²) in [6, 6.07) is 9.82. The van der Waals surface area contributed by atoms with Crippen molar-refractivity contribution in [3.8, 4) is 0 Å². The first-order chi connectivity index (χ1) is 12.2. The van der Waals surface area contributed by atoms with Crippen LogP contribution in [-0.4, -0.2) is 21.8 Å². The van der Waals surface area contributed by atoms with Crippen molar-refractivity contribution in [2.45, 2.75) is 19.5 Å². The number of hydrogen-bond acceptors (Lipinski definition) is 6. The summed E-state index contributed by atoms with van der Waals surface area (Å²) in [7, 11) is 0. The Balaban J connectivity index is 1.92. The molecular formula is C17H15BrN4OS2. The van der Waals surface area contributed by atoms with Gasteiger partial charge in [0.25, 0.3) is 5.91 Å². The van der Waals surface area contributed by atoms with Gasteiger partial charge in [-0.2, -0.15) is 0 Å². The maximum Gasteiger partial charge on any atom is 0.276 e. The first-order valence-corrected chi connectivity index (χ1v) is 10.6. The molecule has 0 bridgehead atoms. The fourth-order valence-corrected chi connectivity index (χ4v) is 4.55. The molecule has 2 aromatic rings. The second kappa shape index (κ2) is 6.93. The largest absolute Gasteiger partial charge is 0.298 e. The molecule has 4 rings (SSSR count). The third kappa shape index (κ3) is 3.14. The van der Waals surface area contributed by atoms with Crippen LogP contribution in [0.3, 0.4) is 0 Å². The van der Waals surface area contributed by atoms with Crippen LogP contribution in [0, 0.1) is 0 Å². The van der Waals surface area contributed by atoms with Crippen molar-refractivity contribution in [1.82, 2.24) is 10.3 Å². The topological polar surface area (TPSA) is 57.1 Å². The molecule has 2 aliphatic rings. The summed E-state index contributed by atoms with van der Waals surface area (Å²) in [4.78, 5) is 18.8. The van der Waals surface area contributed by atoms with Gasteiger partial charge in [-0.15, -0.1) is 16.4 Å². The van der Waals surface area contributed by atoms with Crippen LogP contribution >= 0.6 is 39.0 Å². The number of nitrogens with one attached hydrogen (secondary N) is 1.